The van der Waals surface area contributed by atoms with Gasteiger partial charge in [-0.1, -0.05) is 0 Å². The molecule has 0 bridgehead atoms. The molecule has 17 heavy (non-hydrogen) atoms. The number of aromatic carboxylic acids is 1. The Hall–Kier alpha value is -1.66. The van der Waals surface area contributed by atoms with Crippen molar-refractivity contribution >= 4 is 17.3 Å². The standard InChI is InChI=1S/C11H12N2O3S/c1-7-6-17-10(13-7)4-12-3-9-2-8(5-16-9)11(14)15/h2,5-6,12H,3-4H2,1H3,(H,14,15). The molecule has 90 valence electrons. The molecule has 2 heterocycles. The van der Waals surface area contributed by atoms with Crippen LogP contribution < -0.4 is 5.32 Å². The van der Waals surface area contributed by atoms with Crippen LogP contribution in [0.15, 0.2) is 22.1 Å². The molecule has 0 aromatic carbocycles. The fourth-order valence-electron chi connectivity index (χ4n) is 1.36. The minimum atomic E-state index is -0.976. The predicted octanol–water partition coefficient (Wildman–Crippen LogP) is 2.03. The fraction of sp³-hybridized carbons (Fsp3) is 0.273. The van der Waals surface area contributed by atoms with Crippen LogP contribution in [-0.4, -0.2) is 16.1 Å². The summed E-state index contributed by atoms with van der Waals surface area (Å²) in [6, 6.07) is 1.52. The molecule has 2 N–H and O–H groups in total. The number of hydrogen-bond donors (Lipinski definition) is 2. The van der Waals surface area contributed by atoms with E-state index in [0.29, 0.717) is 18.8 Å². The Kier molecular flexibility index (Phi) is 3.55. The number of carboxylic acids is 1. The van der Waals surface area contributed by atoms with E-state index >= 15 is 0 Å². The fourth-order valence-corrected chi connectivity index (χ4v) is 2.10. The number of thiazole rings is 1. The number of aryl methyl sites for hydroxylation is 1. The number of furan rings is 1. The number of nitrogens with zero attached hydrogens (tertiary/aromatic N) is 1. The number of rotatable bonds is 5. The smallest absolute Gasteiger partial charge is 0.338 e. The van der Waals surface area contributed by atoms with Crippen molar-refractivity contribution in [1.82, 2.24) is 10.3 Å². The summed E-state index contributed by atoms with van der Waals surface area (Å²) in [5.74, 6) is -0.369. The van der Waals surface area contributed by atoms with Crippen LogP contribution in [0.4, 0.5) is 0 Å². The normalized spacial score (nSPS) is 10.6. The molecule has 0 unspecified atom stereocenters. The third-order valence-electron chi connectivity index (χ3n) is 2.14. The summed E-state index contributed by atoms with van der Waals surface area (Å²) in [7, 11) is 0. The largest absolute Gasteiger partial charge is 0.478 e. The van der Waals surface area contributed by atoms with Crippen LogP contribution in [0.3, 0.4) is 0 Å². The average Bonchev–Trinajstić information content (AvgIpc) is 2.88. The molecule has 2 rings (SSSR count). The molecule has 0 radical (unpaired) electrons. The number of nitrogens with one attached hydrogen (secondary N) is 1. The first-order valence-electron chi connectivity index (χ1n) is 5.07. The van der Waals surface area contributed by atoms with Crippen molar-refractivity contribution in [2.24, 2.45) is 0 Å². The van der Waals surface area contributed by atoms with Gasteiger partial charge in [-0.3, -0.25) is 0 Å². The second-order valence-electron chi connectivity index (χ2n) is 3.59. The Morgan fingerprint density at radius 2 is 2.41 bits per heavy atom. The molecule has 0 saturated carbocycles. The molecule has 0 aliphatic rings. The van der Waals surface area contributed by atoms with Crippen molar-refractivity contribution in [3.63, 3.8) is 0 Å². The summed E-state index contributed by atoms with van der Waals surface area (Å²) in [5, 5.41) is 14.9. The Bertz CT molecular complexity index is 518. The van der Waals surface area contributed by atoms with Gasteiger partial charge in [-0.2, -0.15) is 0 Å². The van der Waals surface area contributed by atoms with Gasteiger partial charge in [0.05, 0.1) is 12.1 Å². The molecular formula is C11H12N2O3S. The maximum absolute atomic E-state index is 10.6. The molecule has 0 aliphatic carbocycles. The van der Waals surface area contributed by atoms with Gasteiger partial charge in [-0.15, -0.1) is 11.3 Å². The predicted molar refractivity (Wildman–Crippen MR) is 63.1 cm³/mol. The van der Waals surface area contributed by atoms with E-state index in [0.717, 1.165) is 10.7 Å². The second-order valence-corrected chi connectivity index (χ2v) is 4.54. The zero-order valence-corrected chi connectivity index (χ0v) is 10.1. The van der Waals surface area contributed by atoms with E-state index < -0.39 is 5.97 Å². The van der Waals surface area contributed by atoms with Crippen molar-refractivity contribution in [3.05, 3.63) is 39.7 Å². The van der Waals surface area contributed by atoms with E-state index in [4.69, 9.17) is 9.52 Å². The lowest BCUT2D eigenvalue weighted by Crippen LogP contribution is -2.11. The van der Waals surface area contributed by atoms with Crippen LogP contribution in [0.25, 0.3) is 0 Å². The van der Waals surface area contributed by atoms with Gasteiger partial charge in [0.25, 0.3) is 0 Å². The minimum absolute atomic E-state index is 0.173. The van der Waals surface area contributed by atoms with E-state index in [9.17, 15) is 4.79 Å². The van der Waals surface area contributed by atoms with E-state index in [1.165, 1.54) is 12.3 Å². The zero-order valence-electron chi connectivity index (χ0n) is 9.27. The van der Waals surface area contributed by atoms with Gasteiger partial charge in [0, 0.05) is 17.6 Å². The van der Waals surface area contributed by atoms with Gasteiger partial charge in [0.15, 0.2) is 0 Å². The Morgan fingerprint density at radius 3 is 3.00 bits per heavy atom. The quantitative estimate of drug-likeness (QED) is 0.851. The van der Waals surface area contributed by atoms with Crippen molar-refractivity contribution in [2.75, 3.05) is 0 Å². The van der Waals surface area contributed by atoms with Crippen LogP contribution in [-0.2, 0) is 13.1 Å². The second kappa shape index (κ2) is 5.11. The first-order valence-corrected chi connectivity index (χ1v) is 5.95. The van der Waals surface area contributed by atoms with Gasteiger partial charge in [-0.25, -0.2) is 9.78 Å². The summed E-state index contributed by atoms with van der Waals surface area (Å²) in [4.78, 5) is 14.9. The number of hydrogen-bond acceptors (Lipinski definition) is 5. The summed E-state index contributed by atoms with van der Waals surface area (Å²) < 4.78 is 5.11. The molecular weight excluding hydrogens is 240 g/mol. The number of aromatic nitrogens is 1. The lowest BCUT2D eigenvalue weighted by atomic mass is 10.3. The molecule has 6 heteroatoms. The topological polar surface area (TPSA) is 75.4 Å². The van der Waals surface area contributed by atoms with Crippen molar-refractivity contribution in [3.8, 4) is 0 Å². The Morgan fingerprint density at radius 1 is 1.59 bits per heavy atom. The average molecular weight is 252 g/mol. The molecule has 0 aliphatic heterocycles. The lowest BCUT2D eigenvalue weighted by Gasteiger charge is -1.98. The molecule has 5 nitrogen and oxygen atoms in total. The molecule has 0 amide bonds. The zero-order chi connectivity index (χ0) is 12.3. The third kappa shape index (κ3) is 3.15. The molecule has 2 aromatic rings. The van der Waals surface area contributed by atoms with Crippen molar-refractivity contribution in [2.45, 2.75) is 20.0 Å². The van der Waals surface area contributed by atoms with Crippen LogP contribution in [0.1, 0.15) is 26.8 Å². The maximum Gasteiger partial charge on any atom is 0.338 e. The Balaban J connectivity index is 1.83. The SMILES string of the molecule is Cc1csc(CNCc2cc(C(=O)O)co2)n1. The molecule has 2 aromatic heterocycles. The van der Waals surface area contributed by atoms with Gasteiger partial charge < -0.3 is 14.8 Å². The van der Waals surface area contributed by atoms with E-state index in [1.54, 1.807) is 11.3 Å². The first-order chi connectivity index (χ1) is 8.15. The van der Waals surface area contributed by atoms with Crippen LogP contribution in [0.2, 0.25) is 0 Å². The van der Waals surface area contributed by atoms with E-state index in [1.807, 2.05) is 12.3 Å². The van der Waals surface area contributed by atoms with Crippen LogP contribution in [0, 0.1) is 6.92 Å². The monoisotopic (exact) mass is 252 g/mol. The van der Waals surface area contributed by atoms with Crippen LogP contribution >= 0.6 is 11.3 Å². The van der Waals surface area contributed by atoms with Gasteiger partial charge in [-0.05, 0) is 13.0 Å². The summed E-state index contributed by atoms with van der Waals surface area (Å²) in [6.07, 6.45) is 1.24. The van der Waals surface area contributed by atoms with Crippen LogP contribution in [0.5, 0.6) is 0 Å². The van der Waals surface area contributed by atoms with Crippen molar-refractivity contribution < 1.29 is 14.3 Å². The molecule has 0 saturated heterocycles. The highest BCUT2D eigenvalue weighted by Gasteiger charge is 2.07. The number of carboxylic acid groups (broad SMARTS) is 1. The maximum atomic E-state index is 10.6. The van der Waals surface area contributed by atoms with Gasteiger partial charge in [0.2, 0.25) is 0 Å². The van der Waals surface area contributed by atoms with Gasteiger partial charge in [0.1, 0.15) is 17.0 Å². The highest BCUT2D eigenvalue weighted by atomic mass is 32.1. The number of carbonyl (C=O) groups is 1. The summed E-state index contributed by atoms with van der Waals surface area (Å²) >= 11 is 1.60. The van der Waals surface area contributed by atoms with E-state index in [2.05, 4.69) is 10.3 Å². The summed E-state index contributed by atoms with van der Waals surface area (Å²) in [6.45, 7) is 3.10. The Labute approximate surface area is 102 Å². The van der Waals surface area contributed by atoms with Crippen molar-refractivity contribution in [1.29, 1.82) is 0 Å². The molecule has 0 atom stereocenters. The third-order valence-corrected chi connectivity index (χ3v) is 3.11. The van der Waals surface area contributed by atoms with E-state index in [-0.39, 0.29) is 5.56 Å². The minimum Gasteiger partial charge on any atom is -0.478 e. The molecule has 0 spiro atoms. The van der Waals surface area contributed by atoms with Gasteiger partial charge >= 0.3 is 5.97 Å². The molecule has 0 fully saturated rings. The highest BCUT2D eigenvalue weighted by molar-refractivity contribution is 7.09. The lowest BCUT2D eigenvalue weighted by molar-refractivity contribution is 0.0696. The highest BCUT2D eigenvalue weighted by Crippen LogP contribution is 2.10. The summed E-state index contributed by atoms with van der Waals surface area (Å²) in [5.41, 5.74) is 1.19. The first kappa shape index (κ1) is 11.8.